The molecule has 1 atom stereocenters. The van der Waals surface area contributed by atoms with E-state index in [0.717, 1.165) is 56.7 Å². The number of aromatic amines is 1. The summed E-state index contributed by atoms with van der Waals surface area (Å²) in [6.07, 6.45) is 2.72. The minimum atomic E-state index is 0.0686. The molecule has 2 aliphatic rings. The second kappa shape index (κ2) is 6.75. The second-order valence-corrected chi connectivity index (χ2v) is 7.08. The molecule has 1 unspecified atom stereocenters. The first-order chi connectivity index (χ1) is 11.7. The number of hydrogen-bond acceptors (Lipinski definition) is 3. The van der Waals surface area contributed by atoms with E-state index in [2.05, 4.69) is 9.88 Å². The Labute approximate surface area is 146 Å². The number of nitrogens with one attached hydrogen (secondary N) is 1. The number of halogens is 1. The van der Waals surface area contributed by atoms with Gasteiger partial charge in [-0.25, -0.2) is 0 Å². The van der Waals surface area contributed by atoms with Crippen molar-refractivity contribution in [2.24, 2.45) is 0 Å². The Morgan fingerprint density at radius 3 is 2.83 bits per heavy atom. The van der Waals surface area contributed by atoms with Gasteiger partial charge in [0.25, 0.3) is 5.91 Å². The van der Waals surface area contributed by atoms with Gasteiger partial charge in [-0.05, 0) is 37.1 Å². The van der Waals surface area contributed by atoms with Crippen LogP contribution in [0.3, 0.4) is 0 Å². The molecule has 6 heteroatoms. The molecule has 0 spiro atoms. The summed E-state index contributed by atoms with van der Waals surface area (Å²) in [5.74, 6) is 0.0686. The van der Waals surface area contributed by atoms with Gasteiger partial charge in [0, 0.05) is 55.3 Å². The monoisotopic (exact) mass is 347 g/mol. The minimum absolute atomic E-state index is 0.0686. The van der Waals surface area contributed by atoms with Crippen molar-refractivity contribution in [3.8, 4) is 0 Å². The molecule has 1 aromatic carbocycles. The number of carbonyl (C=O) groups is 1. The van der Waals surface area contributed by atoms with Crippen molar-refractivity contribution in [3.05, 3.63) is 35.0 Å². The Morgan fingerprint density at radius 2 is 2.08 bits per heavy atom. The Bertz CT molecular complexity index is 731. The van der Waals surface area contributed by atoms with Crippen LogP contribution in [0, 0.1) is 0 Å². The zero-order chi connectivity index (χ0) is 16.5. The van der Waals surface area contributed by atoms with Gasteiger partial charge in [0.2, 0.25) is 0 Å². The van der Waals surface area contributed by atoms with E-state index in [9.17, 15) is 4.79 Å². The highest BCUT2D eigenvalue weighted by Gasteiger charge is 2.26. The van der Waals surface area contributed by atoms with E-state index < -0.39 is 0 Å². The molecule has 1 amide bonds. The molecule has 128 valence electrons. The number of amides is 1. The summed E-state index contributed by atoms with van der Waals surface area (Å²) in [6.45, 7) is 5.25. The second-order valence-electron chi connectivity index (χ2n) is 6.64. The van der Waals surface area contributed by atoms with Crippen LogP contribution in [0.1, 0.15) is 23.3 Å². The lowest BCUT2D eigenvalue weighted by atomic mass is 10.2. The molecule has 5 nitrogen and oxygen atoms in total. The van der Waals surface area contributed by atoms with Crippen molar-refractivity contribution in [1.82, 2.24) is 14.8 Å². The van der Waals surface area contributed by atoms with Crippen LogP contribution in [-0.4, -0.2) is 66.1 Å². The van der Waals surface area contributed by atoms with E-state index >= 15 is 0 Å². The SMILES string of the molecule is O=C(c1cc2cc(Cl)ccc2[nH]1)N1CCN(CC2CCCO2)CC1. The zero-order valence-corrected chi connectivity index (χ0v) is 14.4. The lowest BCUT2D eigenvalue weighted by Crippen LogP contribution is -2.50. The lowest BCUT2D eigenvalue weighted by Gasteiger charge is -2.35. The summed E-state index contributed by atoms with van der Waals surface area (Å²) in [6, 6.07) is 7.51. The smallest absolute Gasteiger partial charge is 0.270 e. The highest BCUT2D eigenvalue weighted by Crippen LogP contribution is 2.21. The van der Waals surface area contributed by atoms with Gasteiger partial charge in [-0.3, -0.25) is 9.69 Å². The molecular weight excluding hydrogens is 326 g/mol. The molecule has 1 N–H and O–H groups in total. The zero-order valence-electron chi connectivity index (χ0n) is 13.6. The fourth-order valence-electron chi connectivity index (χ4n) is 3.60. The molecule has 24 heavy (non-hydrogen) atoms. The molecule has 2 saturated heterocycles. The predicted molar refractivity (Wildman–Crippen MR) is 94.6 cm³/mol. The Balaban J connectivity index is 1.38. The number of carbonyl (C=O) groups excluding carboxylic acids is 1. The molecule has 3 heterocycles. The third-order valence-electron chi connectivity index (χ3n) is 4.96. The largest absolute Gasteiger partial charge is 0.377 e. The van der Waals surface area contributed by atoms with Gasteiger partial charge < -0.3 is 14.6 Å². The van der Waals surface area contributed by atoms with Gasteiger partial charge in [-0.2, -0.15) is 0 Å². The minimum Gasteiger partial charge on any atom is -0.377 e. The number of aromatic nitrogens is 1. The number of nitrogens with zero attached hydrogens (tertiary/aromatic N) is 2. The molecule has 1 aromatic heterocycles. The molecule has 2 fully saturated rings. The first-order valence-corrected chi connectivity index (χ1v) is 8.98. The van der Waals surface area contributed by atoms with Crippen LogP contribution >= 0.6 is 11.6 Å². The third kappa shape index (κ3) is 3.29. The van der Waals surface area contributed by atoms with Crippen LogP contribution in [0.15, 0.2) is 24.3 Å². The average molecular weight is 348 g/mol. The number of ether oxygens (including phenoxy) is 1. The fourth-order valence-corrected chi connectivity index (χ4v) is 3.78. The van der Waals surface area contributed by atoms with Crippen LogP contribution in [0.2, 0.25) is 5.02 Å². The molecule has 4 rings (SSSR count). The highest BCUT2D eigenvalue weighted by atomic mass is 35.5. The first-order valence-electron chi connectivity index (χ1n) is 8.60. The number of benzene rings is 1. The predicted octanol–water partition coefficient (Wildman–Crippen LogP) is 2.76. The molecule has 0 saturated carbocycles. The van der Waals surface area contributed by atoms with E-state index in [1.807, 2.05) is 29.2 Å². The van der Waals surface area contributed by atoms with Crippen molar-refractivity contribution in [2.45, 2.75) is 18.9 Å². The van der Waals surface area contributed by atoms with Gasteiger partial charge in [0.15, 0.2) is 0 Å². The van der Waals surface area contributed by atoms with Gasteiger partial charge in [-0.15, -0.1) is 0 Å². The van der Waals surface area contributed by atoms with Crippen LogP contribution in [-0.2, 0) is 4.74 Å². The van der Waals surface area contributed by atoms with Crippen molar-refractivity contribution < 1.29 is 9.53 Å². The Hall–Kier alpha value is -1.56. The Kier molecular flexibility index (Phi) is 4.48. The summed E-state index contributed by atoms with van der Waals surface area (Å²) < 4.78 is 5.70. The topological polar surface area (TPSA) is 48.6 Å². The average Bonchev–Trinajstić information content (AvgIpc) is 3.24. The van der Waals surface area contributed by atoms with Gasteiger partial charge in [-0.1, -0.05) is 11.6 Å². The Morgan fingerprint density at radius 1 is 1.25 bits per heavy atom. The number of H-pyrrole nitrogens is 1. The van der Waals surface area contributed by atoms with Crippen LogP contribution in [0.4, 0.5) is 0 Å². The first kappa shape index (κ1) is 15.9. The number of fused-ring (bicyclic) bond motifs is 1. The maximum Gasteiger partial charge on any atom is 0.270 e. The maximum absolute atomic E-state index is 12.7. The van der Waals surface area contributed by atoms with E-state index in [1.54, 1.807) is 0 Å². The van der Waals surface area contributed by atoms with Crippen molar-refractivity contribution in [1.29, 1.82) is 0 Å². The van der Waals surface area contributed by atoms with Gasteiger partial charge >= 0.3 is 0 Å². The molecular formula is C18H22ClN3O2. The molecule has 0 radical (unpaired) electrons. The van der Waals surface area contributed by atoms with Crippen LogP contribution in [0.5, 0.6) is 0 Å². The van der Waals surface area contributed by atoms with Crippen molar-refractivity contribution in [3.63, 3.8) is 0 Å². The van der Waals surface area contributed by atoms with E-state index in [4.69, 9.17) is 16.3 Å². The standard InChI is InChI=1S/C18H22ClN3O2/c19-14-3-4-16-13(10-14)11-17(20-16)18(23)22-7-5-21(6-8-22)12-15-2-1-9-24-15/h3-4,10-11,15,20H,1-2,5-9,12H2. The number of piperazine rings is 1. The fraction of sp³-hybridized carbons (Fsp3) is 0.500. The number of hydrogen-bond donors (Lipinski definition) is 1. The van der Waals surface area contributed by atoms with Gasteiger partial charge in [0.05, 0.1) is 6.10 Å². The van der Waals surface area contributed by atoms with E-state index in [1.165, 1.54) is 6.42 Å². The van der Waals surface area contributed by atoms with Crippen LogP contribution < -0.4 is 0 Å². The van der Waals surface area contributed by atoms with Crippen molar-refractivity contribution in [2.75, 3.05) is 39.3 Å². The summed E-state index contributed by atoms with van der Waals surface area (Å²) in [5, 5.41) is 1.66. The number of rotatable bonds is 3. The van der Waals surface area contributed by atoms with E-state index in [0.29, 0.717) is 16.8 Å². The van der Waals surface area contributed by atoms with Gasteiger partial charge in [0.1, 0.15) is 5.69 Å². The highest BCUT2D eigenvalue weighted by molar-refractivity contribution is 6.31. The van der Waals surface area contributed by atoms with E-state index in [-0.39, 0.29) is 5.91 Å². The summed E-state index contributed by atoms with van der Waals surface area (Å²) in [7, 11) is 0. The van der Waals surface area contributed by atoms with Crippen molar-refractivity contribution >= 4 is 28.4 Å². The third-order valence-corrected chi connectivity index (χ3v) is 5.19. The molecule has 0 aliphatic carbocycles. The lowest BCUT2D eigenvalue weighted by molar-refractivity contribution is 0.0430. The summed E-state index contributed by atoms with van der Waals surface area (Å²) in [5.41, 5.74) is 1.58. The summed E-state index contributed by atoms with van der Waals surface area (Å²) >= 11 is 6.02. The molecule has 2 aliphatic heterocycles. The molecule has 2 aromatic rings. The normalized spacial score (nSPS) is 22.4. The molecule has 0 bridgehead atoms. The summed E-state index contributed by atoms with van der Waals surface area (Å²) in [4.78, 5) is 20.3. The van der Waals surface area contributed by atoms with Crippen LogP contribution in [0.25, 0.3) is 10.9 Å². The quantitative estimate of drug-likeness (QED) is 0.928. The maximum atomic E-state index is 12.7.